The number of aliphatic imine (C=N–C) groups is 1. The Hall–Kier alpha value is -3.81. The van der Waals surface area contributed by atoms with Gasteiger partial charge in [0.25, 0.3) is 0 Å². The maximum Gasteiger partial charge on any atom is 0.223 e. The van der Waals surface area contributed by atoms with Gasteiger partial charge in [0.1, 0.15) is 11.4 Å². The van der Waals surface area contributed by atoms with Crippen molar-refractivity contribution >= 4 is 11.8 Å². The van der Waals surface area contributed by atoms with E-state index in [1.54, 1.807) is 32.7 Å². The van der Waals surface area contributed by atoms with Crippen molar-refractivity contribution in [2.75, 3.05) is 14.2 Å². The van der Waals surface area contributed by atoms with E-state index in [1.807, 2.05) is 57.2 Å². The lowest BCUT2D eigenvalue weighted by atomic mass is 10.0. The molecule has 0 N–H and O–H groups in total. The number of hydrogen-bond acceptors (Lipinski definition) is 7. The number of nitrogens with zero attached hydrogens (tertiary/aromatic N) is 6. The van der Waals surface area contributed by atoms with Crippen LogP contribution in [0.15, 0.2) is 66.1 Å². The van der Waals surface area contributed by atoms with Gasteiger partial charge in [-0.15, -0.1) is 15.0 Å². The van der Waals surface area contributed by atoms with Crippen LogP contribution in [0.3, 0.4) is 0 Å². The first-order valence-corrected chi connectivity index (χ1v) is 9.50. The average Bonchev–Trinajstić information content (AvgIpc) is 3.31. The van der Waals surface area contributed by atoms with Gasteiger partial charge in [0.15, 0.2) is 0 Å². The van der Waals surface area contributed by atoms with E-state index in [2.05, 4.69) is 32.0 Å². The van der Waals surface area contributed by atoms with Crippen molar-refractivity contribution in [2.24, 2.45) is 4.99 Å². The molecule has 156 valence electrons. The fourth-order valence-electron chi connectivity index (χ4n) is 2.57. The first kappa shape index (κ1) is 22.5. The van der Waals surface area contributed by atoms with Crippen LogP contribution in [0.25, 0.3) is 22.8 Å². The van der Waals surface area contributed by atoms with Gasteiger partial charge in [-0.1, -0.05) is 32.6 Å². The Morgan fingerprint density at radius 3 is 2.57 bits per heavy atom. The van der Waals surface area contributed by atoms with Crippen LogP contribution in [0.4, 0.5) is 0 Å². The Kier molecular flexibility index (Phi) is 8.43. The molecule has 0 aliphatic carbocycles. The van der Waals surface area contributed by atoms with Crippen LogP contribution in [0, 0.1) is 0 Å². The van der Waals surface area contributed by atoms with E-state index in [-0.39, 0.29) is 0 Å². The molecule has 2 aromatic heterocycles. The molecule has 3 aromatic rings. The summed E-state index contributed by atoms with van der Waals surface area (Å²) in [6.45, 7) is 9.69. The summed E-state index contributed by atoms with van der Waals surface area (Å²) in [6.07, 6.45) is 5.02. The summed E-state index contributed by atoms with van der Waals surface area (Å²) in [7, 11) is 3.15. The fourth-order valence-corrected chi connectivity index (χ4v) is 2.57. The quantitative estimate of drug-likeness (QED) is 0.329. The summed E-state index contributed by atoms with van der Waals surface area (Å²) < 4.78 is 10.8. The molecule has 0 aliphatic heterocycles. The normalized spacial score (nSPS) is 11.4. The highest BCUT2D eigenvalue weighted by molar-refractivity contribution is 5.78. The van der Waals surface area contributed by atoms with Crippen LogP contribution in [0.2, 0.25) is 0 Å². The summed E-state index contributed by atoms with van der Waals surface area (Å²) in [5, 5.41) is 12.7. The minimum Gasteiger partial charge on any atom is -0.497 e. The van der Waals surface area contributed by atoms with Crippen molar-refractivity contribution in [3.05, 3.63) is 66.7 Å². The Balaban J connectivity index is 0.00000155. The second-order valence-electron chi connectivity index (χ2n) is 5.55. The molecule has 1 aromatic carbocycles. The molecule has 0 amide bonds. The molecule has 0 atom stereocenters. The Morgan fingerprint density at radius 2 is 1.97 bits per heavy atom. The van der Waals surface area contributed by atoms with E-state index >= 15 is 0 Å². The number of ether oxygens (including phenoxy) is 2. The number of benzene rings is 1. The van der Waals surface area contributed by atoms with E-state index in [1.165, 1.54) is 4.80 Å². The third-order valence-corrected chi connectivity index (χ3v) is 3.85. The first-order valence-electron chi connectivity index (χ1n) is 9.50. The van der Waals surface area contributed by atoms with E-state index in [0.29, 0.717) is 34.4 Å². The molecule has 0 fully saturated rings. The van der Waals surface area contributed by atoms with Crippen molar-refractivity contribution in [1.29, 1.82) is 0 Å². The zero-order chi connectivity index (χ0) is 21.9. The molecule has 0 aliphatic rings. The van der Waals surface area contributed by atoms with E-state index in [4.69, 9.17) is 9.47 Å². The molecule has 0 bridgehead atoms. The van der Waals surface area contributed by atoms with Crippen LogP contribution < -0.4 is 4.74 Å². The lowest BCUT2D eigenvalue weighted by Gasteiger charge is -2.11. The second kappa shape index (κ2) is 11.3. The largest absolute Gasteiger partial charge is 0.497 e. The fraction of sp³-hybridized carbons (Fsp3) is 0.227. The first-order chi connectivity index (χ1) is 14.7. The minimum absolute atomic E-state index is 0.428. The van der Waals surface area contributed by atoms with Crippen molar-refractivity contribution in [1.82, 2.24) is 25.2 Å². The van der Waals surface area contributed by atoms with Gasteiger partial charge in [-0.2, -0.15) is 0 Å². The molecule has 0 spiro atoms. The van der Waals surface area contributed by atoms with E-state index in [9.17, 15) is 0 Å². The Labute approximate surface area is 176 Å². The summed E-state index contributed by atoms with van der Waals surface area (Å²) in [4.78, 5) is 9.92. The summed E-state index contributed by atoms with van der Waals surface area (Å²) in [5.41, 5.74) is 2.82. The number of rotatable bonds is 7. The highest BCUT2D eigenvalue weighted by atomic mass is 16.5. The van der Waals surface area contributed by atoms with Crippen LogP contribution in [0.1, 0.15) is 26.3 Å². The second-order valence-corrected chi connectivity index (χ2v) is 5.55. The van der Waals surface area contributed by atoms with E-state index in [0.717, 1.165) is 5.56 Å². The summed E-state index contributed by atoms with van der Waals surface area (Å²) in [6, 6.07) is 11.1. The number of allylic oxidation sites excluding steroid dienone is 2. The smallest absolute Gasteiger partial charge is 0.223 e. The van der Waals surface area contributed by atoms with Gasteiger partial charge in [0.2, 0.25) is 11.7 Å². The predicted molar refractivity (Wildman–Crippen MR) is 119 cm³/mol. The van der Waals surface area contributed by atoms with Gasteiger partial charge < -0.3 is 9.47 Å². The van der Waals surface area contributed by atoms with E-state index < -0.39 is 0 Å². The van der Waals surface area contributed by atoms with Crippen LogP contribution in [0.5, 0.6) is 5.75 Å². The van der Waals surface area contributed by atoms with Gasteiger partial charge in [0.05, 0.1) is 19.9 Å². The van der Waals surface area contributed by atoms with Crippen molar-refractivity contribution < 1.29 is 9.47 Å². The molecule has 0 saturated heterocycles. The maximum absolute atomic E-state index is 5.44. The van der Waals surface area contributed by atoms with Crippen molar-refractivity contribution in [3.8, 4) is 23.0 Å². The third kappa shape index (κ3) is 5.16. The minimum atomic E-state index is 0.428. The summed E-state index contributed by atoms with van der Waals surface area (Å²) >= 11 is 0. The Morgan fingerprint density at radius 1 is 1.17 bits per heavy atom. The van der Waals surface area contributed by atoms with Crippen molar-refractivity contribution in [2.45, 2.75) is 20.8 Å². The monoisotopic (exact) mass is 406 g/mol. The predicted octanol–water partition coefficient (Wildman–Crippen LogP) is 4.35. The highest BCUT2D eigenvalue weighted by Gasteiger charge is 2.13. The SMILES string of the molecule is C=C/C(=C(\N=C/C)OC)c1cc(OC)cc(-n2nnc(-c3ccccn3)n2)c1.CC. The molecular formula is C22H26N6O2. The topological polar surface area (TPSA) is 87.3 Å². The highest BCUT2D eigenvalue weighted by Crippen LogP contribution is 2.28. The van der Waals surface area contributed by atoms with Crippen molar-refractivity contribution in [3.63, 3.8) is 0 Å². The zero-order valence-electron chi connectivity index (χ0n) is 17.9. The molecule has 30 heavy (non-hydrogen) atoms. The molecule has 0 unspecified atom stereocenters. The van der Waals surface area contributed by atoms with Gasteiger partial charge >= 0.3 is 0 Å². The molecule has 0 radical (unpaired) electrons. The number of hydrogen-bond donors (Lipinski definition) is 0. The van der Waals surface area contributed by atoms with Gasteiger partial charge in [0, 0.05) is 24.1 Å². The maximum atomic E-state index is 5.44. The molecule has 8 nitrogen and oxygen atoms in total. The molecule has 8 heteroatoms. The number of aromatic nitrogens is 5. The van der Waals surface area contributed by atoms with Crippen LogP contribution >= 0.6 is 0 Å². The summed E-state index contributed by atoms with van der Waals surface area (Å²) in [5.74, 6) is 1.49. The number of pyridine rings is 1. The number of methoxy groups -OCH3 is 2. The molecule has 0 saturated carbocycles. The van der Waals surface area contributed by atoms with Gasteiger partial charge in [-0.05, 0) is 42.0 Å². The molecular weight excluding hydrogens is 380 g/mol. The standard InChI is InChI=1S/C20H20N6O2.C2H6/c1-5-17(20(28-4)21-6-2)14-11-15(13-16(12-14)27-3)26-24-19(23-25-26)18-9-7-8-10-22-18;1-2/h5-13H,1H2,2-4H3;1-2H3/b20-17-,21-6-;. The van der Waals surface area contributed by atoms with Crippen LogP contribution in [-0.2, 0) is 4.74 Å². The molecule has 2 heterocycles. The lowest BCUT2D eigenvalue weighted by Crippen LogP contribution is -2.02. The van der Waals surface area contributed by atoms with Gasteiger partial charge in [-0.3, -0.25) is 4.98 Å². The molecule has 3 rings (SSSR count). The van der Waals surface area contributed by atoms with Gasteiger partial charge in [-0.25, -0.2) is 4.99 Å². The Bertz CT molecular complexity index is 1030. The lowest BCUT2D eigenvalue weighted by molar-refractivity contribution is 0.291. The average molecular weight is 406 g/mol. The third-order valence-electron chi connectivity index (χ3n) is 3.85. The zero-order valence-corrected chi connectivity index (χ0v) is 17.9. The number of tetrazole rings is 1. The van der Waals surface area contributed by atoms with Crippen LogP contribution in [-0.4, -0.2) is 45.6 Å².